The van der Waals surface area contributed by atoms with E-state index in [4.69, 9.17) is 0 Å². The molecule has 0 spiro atoms. The number of nitriles is 9. The lowest BCUT2D eigenvalue weighted by Crippen LogP contribution is -2.12. The van der Waals surface area contributed by atoms with Crippen LogP contribution in [0.2, 0.25) is 0 Å². The fraction of sp³-hybridized carbons (Fsp3) is 0.0260. The van der Waals surface area contributed by atoms with Gasteiger partial charge in [-0.25, -0.2) is 0 Å². The first kappa shape index (κ1) is 59.0. The zero-order valence-electron chi connectivity index (χ0n) is 48.2. The Bertz CT molecular complexity index is 5650. The molecule has 0 bridgehead atoms. The van der Waals surface area contributed by atoms with Crippen LogP contribution in [0.1, 0.15) is 61.2 Å². The Labute approximate surface area is 530 Å². The van der Waals surface area contributed by atoms with Gasteiger partial charge in [0.25, 0.3) is 0 Å². The molecule has 2 aromatic heterocycles. The summed E-state index contributed by atoms with van der Waals surface area (Å²) >= 11 is 0. The SMILES string of the molecule is N#Cc1ccc(-c2ccc3c(c2)c2cc(-c4ccc(C#N)cc4C#N)ccc2n3-c2ccc(-c3ccc(C(F)(F)F)cc3C(F)(F)F)cc2-c2ccc(C#N)cc2-n2c3ccc(-c4ccc(C#N)cc4C#N)cc3c3cc(-c4ccc(C#N)cc4C#N)ccc32)c(C#N)c1. The van der Waals surface area contributed by atoms with E-state index in [1.807, 2.05) is 33.4 Å². The second-order valence-corrected chi connectivity index (χ2v) is 21.9. The first-order chi connectivity index (χ1) is 45.4. The van der Waals surface area contributed by atoms with Crippen molar-refractivity contribution in [1.82, 2.24) is 9.13 Å². The molecule has 0 atom stereocenters. The summed E-state index contributed by atoms with van der Waals surface area (Å²) in [5, 5.41) is 93.7. The Morgan fingerprint density at radius 3 is 0.883 bits per heavy atom. The van der Waals surface area contributed by atoms with Crippen molar-refractivity contribution in [2.75, 3.05) is 0 Å². The van der Waals surface area contributed by atoms with Crippen LogP contribution >= 0.6 is 0 Å². The van der Waals surface area contributed by atoms with Gasteiger partial charge in [0.05, 0.1) is 149 Å². The second kappa shape index (κ2) is 22.9. The van der Waals surface area contributed by atoms with Crippen molar-refractivity contribution < 1.29 is 26.3 Å². The quantitative estimate of drug-likeness (QED) is 0.132. The summed E-state index contributed by atoms with van der Waals surface area (Å²) < 4.78 is 92.9. The zero-order chi connectivity index (χ0) is 65.9. The number of benzene rings is 11. The fourth-order valence-corrected chi connectivity index (χ4v) is 12.4. The molecule has 0 amide bonds. The minimum absolute atomic E-state index is 0.0743. The first-order valence-electron chi connectivity index (χ1n) is 28.4. The Morgan fingerprint density at radius 2 is 0.553 bits per heavy atom. The van der Waals surface area contributed by atoms with E-state index in [1.165, 1.54) is 42.5 Å². The highest BCUT2D eigenvalue weighted by molar-refractivity contribution is 6.14. The molecule has 0 aliphatic rings. The van der Waals surface area contributed by atoms with E-state index in [9.17, 15) is 60.5 Å². The molecule has 0 aliphatic heterocycles. The lowest BCUT2D eigenvalue weighted by atomic mass is 9.92. The smallest absolute Gasteiger partial charge is 0.309 e. The number of fused-ring (bicyclic) bond motifs is 6. The maximum absolute atomic E-state index is 15.4. The van der Waals surface area contributed by atoms with E-state index >= 15 is 13.2 Å². The molecule has 11 nitrogen and oxygen atoms in total. The summed E-state index contributed by atoms with van der Waals surface area (Å²) in [6, 6.07) is 70.3. The fourth-order valence-electron chi connectivity index (χ4n) is 12.4. The lowest BCUT2D eigenvalue weighted by Gasteiger charge is -2.21. The Balaban J connectivity index is 1.15. The normalized spacial score (nSPS) is 11.2. The highest BCUT2D eigenvalue weighted by Crippen LogP contribution is 2.48. The van der Waals surface area contributed by atoms with Gasteiger partial charge in [-0.2, -0.15) is 73.7 Å². The molecule has 0 fully saturated rings. The van der Waals surface area contributed by atoms with Crippen LogP contribution in [0.5, 0.6) is 0 Å². The van der Waals surface area contributed by atoms with Gasteiger partial charge in [-0.3, -0.25) is 0 Å². The molecule has 0 unspecified atom stereocenters. The number of rotatable bonds is 8. The van der Waals surface area contributed by atoms with Gasteiger partial charge in [0.2, 0.25) is 0 Å². The molecule has 94 heavy (non-hydrogen) atoms. The van der Waals surface area contributed by atoms with E-state index in [0.29, 0.717) is 111 Å². The Hall–Kier alpha value is -14.0. The van der Waals surface area contributed by atoms with Crippen molar-refractivity contribution in [3.63, 3.8) is 0 Å². The Morgan fingerprint density at radius 1 is 0.245 bits per heavy atom. The molecular formula is C77H33F6N11. The summed E-state index contributed by atoms with van der Waals surface area (Å²) in [6.45, 7) is 0. The molecule has 13 aromatic rings. The molecule has 438 valence electrons. The van der Waals surface area contributed by atoms with E-state index in [-0.39, 0.29) is 67.3 Å². The van der Waals surface area contributed by atoms with Crippen molar-refractivity contribution in [3.05, 3.63) is 261 Å². The monoisotopic (exact) mass is 1230 g/mol. The molecule has 0 saturated heterocycles. The standard InChI is InChI=1S/C77H33F6N11/c78-76(79,80)57-11-17-62(69(33-57)77(81,82)83)52-10-22-70(93-71-18-6-48(58-12-1-43(34-84)23-53(58)39-89)28-65(71)66-29-49(7-19-72(66)93)59-13-2-44(35-85)24-54(59)40-90)64(32-52)63-16-5-47(38-88)27-75(63)94-73-20-8-50(60-14-3-45(36-86)25-55(60)41-91)30-67(73)68-31-51(9-21-74(68)94)61-15-4-46(37-87)26-56(61)42-92/h1-33H. The van der Waals surface area contributed by atoms with Gasteiger partial charge < -0.3 is 9.13 Å². The summed E-state index contributed by atoms with van der Waals surface area (Å²) in [6.07, 6.45) is -10.4. The number of hydrogen-bond donors (Lipinski definition) is 0. The summed E-state index contributed by atoms with van der Waals surface area (Å²) in [7, 11) is 0. The van der Waals surface area contributed by atoms with E-state index in [0.717, 1.165) is 6.07 Å². The molecule has 11 aromatic carbocycles. The van der Waals surface area contributed by atoms with Crippen LogP contribution in [-0.4, -0.2) is 9.13 Å². The van der Waals surface area contributed by atoms with Crippen molar-refractivity contribution >= 4 is 43.6 Å². The summed E-state index contributed by atoms with van der Waals surface area (Å²) in [5.74, 6) is 0. The minimum Gasteiger partial charge on any atom is -0.309 e. The number of halogens is 6. The molecule has 0 aliphatic carbocycles. The first-order valence-corrected chi connectivity index (χ1v) is 28.4. The largest absolute Gasteiger partial charge is 0.417 e. The second-order valence-electron chi connectivity index (χ2n) is 21.9. The highest BCUT2D eigenvalue weighted by Gasteiger charge is 2.39. The maximum atomic E-state index is 15.4. The maximum Gasteiger partial charge on any atom is 0.417 e. The predicted molar refractivity (Wildman–Crippen MR) is 340 cm³/mol. The number of nitrogens with zero attached hydrogens (tertiary/aromatic N) is 11. The van der Waals surface area contributed by atoms with Crippen LogP contribution in [0, 0.1) is 102 Å². The minimum atomic E-state index is -5.30. The van der Waals surface area contributed by atoms with Gasteiger partial charge in [-0.15, -0.1) is 0 Å². The third-order valence-electron chi connectivity index (χ3n) is 16.7. The molecule has 13 rings (SSSR count). The number of aromatic nitrogens is 2. The van der Waals surface area contributed by atoms with Gasteiger partial charge in [0.15, 0.2) is 0 Å². The van der Waals surface area contributed by atoms with Gasteiger partial charge in [0.1, 0.15) is 0 Å². The van der Waals surface area contributed by atoms with Gasteiger partial charge >= 0.3 is 12.4 Å². The van der Waals surface area contributed by atoms with E-state index < -0.39 is 29.0 Å². The van der Waals surface area contributed by atoms with Crippen molar-refractivity contribution in [2.45, 2.75) is 12.4 Å². The van der Waals surface area contributed by atoms with Crippen molar-refractivity contribution in [2.24, 2.45) is 0 Å². The van der Waals surface area contributed by atoms with E-state index in [1.54, 1.807) is 115 Å². The molecule has 0 N–H and O–H groups in total. The van der Waals surface area contributed by atoms with Crippen LogP contribution in [0.25, 0.3) is 122 Å². The van der Waals surface area contributed by atoms with Gasteiger partial charge in [0, 0.05) is 32.7 Å². The molecule has 0 radical (unpaired) electrons. The van der Waals surface area contributed by atoms with Crippen molar-refractivity contribution in [1.29, 1.82) is 47.4 Å². The van der Waals surface area contributed by atoms with Gasteiger partial charge in [-0.05, 0) is 189 Å². The van der Waals surface area contributed by atoms with Crippen LogP contribution in [0.15, 0.2) is 200 Å². The zero-order valence-corrected chi connectivity index (χ0v) is 48.2. The number of alkyl halides is 6. The highest BCUT2D eigenvalue weighted by atomic mass is 19.4. The number of hydrogen-bond acceptors (Lipinski definition) is 9. The summed E-state index contributed by atoms with van der Waals surface area (Å²) in [5.41, 5.74) is 5.54. The van der Waals surface area contributed by atoms with Crippen LogP contribution < -0.4 is 0 Å². The average molecular weight is 1230 g/mol. The topological polar surface area (TPSA) is 224 Å². The van der Waals surface area contributed by atoms with Crippen LogP contribution in [0.3, 0.4) is 0 Å². The summed E-state index contributed by atoms with van der Waals surface area (Å²) in [4.78, 5) is 0. The molecule has 17 heteroatoms. The van der Waals surface area contributed by atoms with Crippen LogP contribution in [-0.2, 0) is 12.4 Å². The van der Waals surface area contributed by atoms with Crippen molar-refractivity contribution in [3.8, 4) is 133 Å². The van der Waals surface area contributed by atoms with Gasteiger partial charge in [-0.1, -0.05) is 66.7 Å². The third-order valence-corrected chi connectivity index (χ3v) is 16.7. The molecule has 2 heterocycles. The average Bonchev–Trinajstić information content (AvgIpc) is 1.55. The third kappa shape index (κ3) is 10.0. The molecule has 0 saturated carbocycles. The van der Waals surface area contributed by atoms with E-state index in [2.05, 4.69) is 54.6 Å². The predicted octanol–water partition coefficient (Wildman–Crippen LogP) is 18.8. The Kier molecular flexibility index (Phi) is 14.4. The molecular weight excluding hydrogens is 1190 g/mol. The van der Waals surface area contributed by atoms with Crippen LogP contribution in [0.4, 0.5) is 26.3 Å². The lowest BCUT2D eigenvalue weighted by molar-refractivity contribution is -0.142.